The minimum Gasteiger partial charge on any atom is -0.274 e. The van der Waals surface area contributed by atoms with Crippen LogP contribution in [-0.2, 0) is 9.59 Å². The molecule has 0 N–H and O–H groups in total. The molecule has 0 spiro atoms. The number of benzene rings is 2. The number of amides is 2. The number of anilines is 1. The fourth-order valence-corrected chi connectivity index (χ4v) is 3.98. The van der Waals surface area contributed by atoms with Gasteiger partial charge in [-0.3, -0.25) is 9.59 Å². The average molecular weight is 394 g/mol. The van der Waals surface area contributed by atoms with Crippen LogP contribution in [0.25, 0.3) is 0 Å². The lowest BCUT2D eigenvalue weighted by Gasteiger charge is -2.30. The van der Waals surface area contributed by atoms with Gasteiger partial charge in [0.15, 0.2) is 0 Å². The maximum absolute atomic E-state index is 13.1. The predicted molar refractivity (Wildman–Crippen MR) is 113 cm³/mol. The van der Waals surface area contributed by atoms with Crippen molar-refractivity contribution in [3.63, 3.8) is 0 Å². The van der Waals surface area contributed by atoms with Crippen LogP contribution in [0.1, 0.15) is 50.7 Å². The van der Waals surface area contributed by atoms with E-state index < -0.39 is 0 Å². The molecule has 0 heterocycles. The zero-order chi connectivity index (χ0) is 20.1. The second kappa shape index (κ2) is 9.08. The van der Waals surface area contributed by atoms with Gasteiger partial charge in [-0.25, -0.2) is 4.90 Å². The first-order valence-electron chi connectivity index (χ1n) is 9.67. The molecular formula is C24H24ClNO2. The van der Waals surface area contributed by atoms with E-state index in [1.54, 1.807) is 18.2 Å². The van der Waals surface area contributed by atoms with Gasteiger partial charge in [0, 0.05) is 24.0 Å². The summed E-state index contributed by atoms with van der Waals surface area (Å²) >= 11 is 6.45. The van der Waals surface area contributed by atoms with E-state index in [1.807, 2.05) is 30.3 Å². The van der Waals surface area contributed by atoms with E-state index in [0.717, 1.165) is 36.8 Å². The molecule has 1 fully saturated rings. The molecule has 2 amide bonds. The Kier molecular flexibility index (Phi) is 6.54. The van der Waals surface area contributed by atoms with E-state index in [9.17, 15) is 9.59 Å². The van der Waals surface area contributed by atoms with E-state index in [-0.39, 0.29) is 17.7 Å². The molecule has 0 bridgehead atoms. The molecule has 1 aliphatic carbocycles. The Morgan fingerprint density at radius 1 is 1.04 bits per heavy atom. The SMILES string of the molecule is CC(=O)N(C(=O)C1CCCC(C)C1)c1ccc(C#Cc2ccccc2)cc1Cl. The maximum atomic E-state index is 13.1. The second-order valence-corrected chi connectivity index (χ2v) is 7.85. The van der Waals surface area contributed by atoms with Gasteiger partial charge in [0.1, 0.15) is 0 Å². The summed E-state index contributed by atoms with van der Waals surface area (Å²) in [6.45, 7) is 3.56. The van der Waals surface area contributed by atoms with Crippen molar-refractivity contribution in [1.29, 1.82) is 0 Å². The van der Waals surface area contributed by atoms with Gasteiger partial charge in [0.05, 0.1) is 10.7 Å². The van der Waals surface area contributed by atoms with Gasteiger partial charge in [0.2, 0.25) is 11.8 Å². The third kappa shape index (κ3) is 4.82. The van der Waals surface area contributed by atoms with E-state index >= 15 is 0 Å². The largest absolute Gasteiger partial charge is 0.274 e. The number of nitrogens with zero attached hydrogens (tertiary/aromatic N) is 1. The lowest BCUT2D eigenvalue weighted by atomic mass is 9.81. The molecule has 4 heteroatoms. The molecule has 144 valence electrons. The fourth-order valence-electron chi connectivity index (χ4n) is 3.72. The van der Waals surface area contributed by atoms with Gasteiger partial charge < -0.3 is 0 Å². The third-order valence-electron chi connectivity index (χ3n) is 5.13. The molecule has 0 saturated heterocycles. The van der Waals surface area contributed by atoms with Crippen LogP contribution < -0.4 is 4.90 Å². The van der Waals surface area contributed by atoms with E-state index in [0.29, 0.717) is 16.6 Å². The molecule has 2 aromatic carbocycles. The van der Waals surface area contributed by atoms with Crippen LogP contribution in [0.4, 0.5) is 5.69 Å². The molecule has 1 aliphatic rings. The fraction of sp³-hybridized carbons (Fsp3) is 0.333. The van der Waals surface area contributed by atoms with E-state index in [1.165, 1.54) is 11.8 Å². The summed E-state index contributed by atoms with van der Waals surface area (Å²) in [4.78, 5) is 26.6. The maximum Gasteiger partial charge on any atom is 0.236 e. The van der Waals surface area contributed by atoms with Crippen LogP contribution in [0.5, 0.6) is 0 Å². The van der Waals surface area contributed by atoms with Crippen LogP contribution >= 0.6 is 11.6 Å². The molecule has 3 nitrogen and oxygen atoms in total. The Hall–Kier alpha value is -2.57. The molecule has 2 aromatic rings. The van der Waals surface area contributed by atoms with Crippen LogP contribution in [0.2, 0.25) is 5.02 Å². The summed E-state index contributed by atoms with van der Waals surface area (Å²) in [5.74, 6) is 6.07. The van der Waals surface area contributed by atoms with Crippen molar-refractivity contribution >= 4 is 29.1 Å². The molecule has 0 radical (unpaired) electrons. The Morgan fingerprint density at radius 3 is 2.39 bits per heavy atom. The Morgan fingerprint density at radius 2 is 1.75 bits per heavy atom. The van der Waals surface area contributed by atoms with Crippen molar-refractivity contribution in [2.45, 2.75) is 39.5 Å². The Bertz CT molecular complexity index is 927. The van der Waals surface area contributed by atoms with Crippen molar-refractivity contribution < 1.29 is 9.59 Å². The van der Waals surface area contributed by atoms with Crippen LogP contribution in [0, 0.1) is 23.7 Å². The summed E-state index contributed by atoms with van der Waals surface area (Å²) in [5, 5.41) is 0.354. The van der Waals surface area contributed by atoms with Crippen LogP contribution in [0.3, 0.4) is 0 Å². The highest BCUT2D eigenvalue weighted by molar-refractivity contribution is 6.35. The number of rotatable bonds is 2. The zero-order valence-electron chi connectivity index (χ0n) is 16.2. The molecule has 2 atom stereocenters. The topological polar surface area (TPSA) is 37.4 Å². The van der Waals surface area contributed by atoms with Crippen molar-refractivity contribution in [2.24, 2.45) is 11.8 Å². The van der Waals surface area contributed by atoms with E-state index in [2.05, 4.69) is 18.8 Å². The number of hydrogen-bond donors (Lipinski definition) is 0. The smallest absolute Gasteiger partial charge is 0.236 e. The number of carbonyl (C=O) groups is 2. The molecular weight excluding hydrogens is 370 g/mol. The summed E-state index contributed by atoms with van der Waals surface area (Å²) in [7, 11) is 0. The highest BCUT2D eigenvalue weighted by Gasteiger charge is 2.32. The van der Waals surface area contributed by atoms with Crippen LogP contribution in [0.15, 0.2) is 48.5 Å². The van der Waals surface area contributed by atoms with Gasteiger partial charge in [-0.15, -0.1) is 0 Å². The van der Waals surface area contributed by atoms with Crippen molar-refractivity contribution in [1.82, 2.24) is 0 Å². The molecule has 0 aliphatic heterocycles. The molecule has 3 rings (SSSR count). The third-order valence-corrected chi connectivity index (χ3v) is 5.44. The van der Waals surface area contributed by atoms with Gasteiger partial charge in [-0.1, -0.05) is 61.4 Å². The lowest BCUT2D eigenvalue weighted by molar-refractivity contribution is -0.128. The average Bonchev–Trinajstić information content (AvgIpc) is 2.68. The predicted octanol–water partition coefficient (Wildman–Crippen LogP) is 5.45. The van der Waals surface area contributed by atoms with Crippen LogP contribution in [-0.4, -0.2) is 11.8 Å². The van der Waals surface area contributed by atoms with E-state index in [4.69, 9.17) is 11.6 Å². The molecule has 1 saturated carbocycles. The van der Waals surface area contributed by atoms with Gasteiger partial charge in [-0.05, 0) is 49.1 Å². The quantitative estimate of drug-likeness (QED) is 0.636. The minimum absolute atomic E-state index is 0.124. The van der Waals surface area contributed by atoms with Crippen molar-refractivity contribution in [2.75, 3.05) is 4.90 Å². The first-order chi connectivity index (χ1) is 13.5. The second-order valence-electron chi connectivity index (χ2n) is 7.44. The van der Waals surface area contributed by atoms with Crippen molar-refractivity contribution in [3.8, 4) is 11.8 Å². The lowest BCUT2D eigenvalue weighted by Crippen LogP contribution is -2.41. The highest BCUT2D eigenvalue weighted by Crippen LogP contribution is 2.33. The standard InChI is InChI=1S/C24H24ClNO2/c1-17-7-6-10-21(15-17)24(28)26(18(2)27)23-14-13-20(16-22(23)25)12-11-19-8-4-3-5-9-19/h3-5,8-9,13-14,16-17,21H,6-7,10,15H2,1-2H3. The highest BCUT2D eigenvalue weighted by atomic mass is 35.5. The first-order valence-corrected chi connectivity index (χ1v) is 10.0. The summed E-state index contributed by atoms with van der Waals surface area (Å²) < 4.78 is 0. The van der Waals surface area contributed by atoms with Gasteiger partial charge >= 0.3 is 0 Å². The number of carbonyl (C=O) groups excluding carboxylic acids is 2. The summed E-state index contributed by atoms with van der Waals surface area (Å²) in [6.07, 6.45) is 3.80. The summed E-state index contributed by atoms with van der Waals surface area (Å²) in [5.41, 5.74) is 2.08. The normalized spacial score (nSPS) is 18.7. The first kappa shape index (κ1) is 20.2. The number of halogens is 1. The van der Waals surface area contributed by atoms with Crippen molar-refractivity contribution in [3.05, 3.63) is 64.7 Å². The molecule has 0 aromatic heterocycles. The number of hydrogen-bond acceptors (Lipinski definition) is 2. The molecule has 28 heavy (non-hydrogen) atoms. The minimum atomic E-state index is -0.312. The molecule has 2 unspecified atom stereocenters. The Balaban J connectivity index is 1.85. The number of imide groups is 1. The summed E-state index contributed by atoms with van der Waals surface area (Å²) in [6, 6.07) is 14.9. The van der Waals surface area contributed by atoms with Gasteiger partial charge in [0.25, 0.3) is 0 Å². The van der Waals surface area contributed by atoms with Gasteiger partial charge in [-0.2, -0.15) is 0 Å². The monoisotopic (exact) mass is 393 g/mol. The zero-order valence-corrected chi connectivity index (χ0v) is 17.0. The Labute approximate surface area is 171 Å².